The second kappa shape index (κ2) is 11.6. The molecule has 2 aliphatic rings. The lowest BCUT2D eigenvalue weighted by Crippen LogP contribution is -2.53. The lowest BCUT2D eigenvalue weighted by Gasteiger charge is -2.38. The monoisotopic (exact) mass is 493 g/mol. The molecule has 0 N–H and O–H groups in total. The number of carbonyl (C=O) groups excluding carboxylic acids is 1. The molecule has 2 saturated heterocycles. The van der Waals surface area contributed by atoms with Crippen molar-refractivity contribution in [2.24, 2.45) is 0 Å². The number of benzene rings is 3. The lowest BCUT2D eigenvalue weighted by atomic mass is 10.1. The van der Waals surface area contributed by atoms with Gasteiger partial charge in [0.05, 0.1) is 17.3 Å². The molecule has 6 nitrogen and oxygen atoms in total. The van der Waals surface area contributed by atoms with Gasteiger partial charge in [0.25, 0.3) is 0 Å². The minimum absolute atomic E-state index is 0.124. The molecular weight excluding hydrogens is 458 g/mol. The topological polar surface area (TPSA) is 53.8 Å². The first kappa shape index (κ1) is 25.0. The van der Waals surface area contributed by atoms with E-state index >= 15 is 0 Å². The molecule has 0 unspecified atom stereocenters. The van der Waals surface area contributed by atoms with E-state index in [2.05, 4.69) is 76.3 Å². The van der Waals surface area contributed by atoms with Crippen LogP contribution in [0.25, 0.3) is 0 Å². The zero-order valence-electron chi connectivity index (χ0n) is 21.5. The Bertz CT molecular complexity index is 1220. The van der Waals surface area contributed by atoms with Crippen LogP contribution in [0.4, 0.5) is 5.69 Å². The maximum absolute atomic E-state index is 13.9. The van der Waals surface area contributed by atoms with E-state index in [9.17, 15) is 10.1 Å². The summed E-state index contributed by atoms with van der Waals surface area (Å²) in [5, 5.41) is 9.50. The Morgan fingerprint density at radius 1 is 0.892 bits per heavy atom. The Morgan fingerprint density at radius 2 is 1.51 bits per heavy atom. The SMILES string of the molecule is CN(Cc1ccccc1)[C@H]1C[C@@H](C(=O)N2CCN(c3ccccc3C#N)CC2)N(Cc2ccccc2)C1. The summed E-state index contributed by atoms with van der Waals surface area (Å²) in [5.74, 6) is 0.236. The number of anilines is 1. The molecule has 0 spiro atoms. The second-order valence-corrected chi connectivity index (χ2v) is 10.2. The molecule has 3 aromatic rings. The van der Waals surface area contributed by atoms with Crippen LogP contribution >= 0.6 is 0 Å². The Balaban J connectivity index is 1.27. The summed E-state index contributed by atoms with van der Waals surface area (Å²) in [5.41, 5.74) is 4.19. The third kappa shape index (κ3) is 5.85. The van der Waals surface area contributed by atoms with E-state index in [1.54, 1.807) is 0 Å². The van der Waals surface area contributed by atoms with Gasteiger partial charge in [-0.1, -0.05) is 72.8 Å². The number of para-hydroxylation sites is 1. The maximum Gasteiger partial charge on any atom is 0.240 e. The fraction of sp³-hybridized carbons (Fsp3) is 0.355. The Kier molecular flexibility index (Phi) is 7.84. The van der Waals surface area contributed by atoms with Gasteiger partial charge in [-0.15, -0.1) is 0 Å². The Labute approximate surface area is 220 Å². The van der Waals surface area contributed by atoms with Crippen LogP contribution in [-0.2, 0) is 17.9 Å². The van der Waals surface area contributed by atoms with Crippen molar-refractivity contribution in [3.63, 3.8) is 0 Å². The van der Waals surface area contributed by atoms with Crippen molar-refractivity contribution in [3.8, 4) is 6.07 Å². The van der Waals surface area contributed by atoms with Crippen molar-refractivity contribution in [2.75, 3.05) is 44.7 Å². The van der Waals surface area contributed by atoms with Gasteiger partial charge in [-0.05, 0) is 36.7 Å². The van der Waals surface area contributed by atoms with Crippen LogP contribution in [0.5, 0.6) is 0 Å². The summed E-state index contributed by atoms with van der Waals surface area (Å²) in [6.07, 6.45) is 0.840. The molecule has 2 fully saturated rings. The highest BCUT2D eigenvalue weighted by atomic mass is 16.2. The van der Waals surface area contributed by atoms with E-state index in [0.29, 0.717) is 24.7 Å². The standard InChI is InChI=1S/C31H35N5O/c1-33(22-25-10-4-2-5-11-25)28-20-30(36(24-28)23-26-12-6-3-7-13-26)31(37)35-18-16-34(17-19-35)29-15-9-8-14-27(29)21-32/h2-15,28,30H,16-20,22-24H2,1H3/t28-,30-/m0/s1. The minimum Gasteiger partial charge on any atom is -0.367 e. The molecule has 0 bridgehead atoms. The third-order valence-electron chi connectivity index (χ3n) is 7.75. The Morgan fingerprint density at radius 3 is 2.19 bits per heavy atom. The van der Waals surface area contributed by atoms with Crippen molar-refractivity contribution in [1.82, 2.24) is 14.7 Å². The summed E-state index contributed by atoms with van der Waals surface area (Å²) >= 11 is 0. The smallest absolute Gasteiger partial charge is 0.240 e. The molecule has 2 heterocycles. The van der Waals surface area contributed by atoms with E-state index in [-0.39, 0.29) is 11.9 Å². The van der Waals surface area contributed by atoms with Crippen LogP contribution in [0.3, 0.4) is 0 Å². The number of piperazine rings is 1. The third-order valence-corrected chi connectivity index (χ3v) is 7.75. The molecular formula is C31H35N5O. The highest BCUT2D eigenvalue weighted by molar-refractivity contribution is 5.82. The molecule has 1 amide bonds. The number of likely N-dealkylation sites (N-methyl/N-ethyl adjacent to an activating group) is 1. The van der Waals surface area contributed by atoms with Gasteiger partial charge >= 0.3 is 0 Å². The van der Waals surface area contributed by atoms with E-state index in [1.165, 1.54) is 11.1 Å². The molecule has 6 heteroatoms. The van der Waals surface area contributed by atoms with Gasteiger partial charge in [0.1, 0.15) is 6.07 Å². The van der Waals surface area contributed by atoms with E-state index in [4.69, 9.17) is 0 Å². The Hall–Kier alpha value is -3.66. The van der Waals surface area contributed by atoms with Crippen LogP contribution < -0.4 is 4.90 Å². The van der Waals surface area contributed by atoms with Crippen molar-refractivity contribution in [2.45, 2.75) is 31.6 Å². The maximum atomic E-state index is 13.9. The van der Waals surface area contributed by atoms with Gasteiger partial charge < -0.3 is 9.80 Å². The first-order chi connectivity index (χ1) is 18.1. The number of likely N-dealkylation sites (tertiary alicyclic amines) is 1. The van der Waals surface area contributed by atoms with Crippen molar-refractivity contribution in [3.05, 3.63) is 102 Å². The quantitative estimate of drug-likeness (QED) is 0.498. The van der Waals surface area contributed by atoms with Gasteiger partial charge in [-0.25, -0.2) is 0 Å². The van der Waals surface area contributed by atoms with Crippen LogP contribution in [0, 0.1) is 11.3 Å². The van der Waals surface area contributed by atoms with Crippen LogP contribution in [0.2, 0.25) is 0 Å². The van der Waals surface area contributed by atoms with Crippen LogP contribution in [-0.4, -0.2) is 72.5 Å². The fourth-order valence-corrected chi connectivity index (χ4v) is 5.67. The summed E-state index contributed by atoms with van der Waals surface area (Å²) in [6, 6.07) is 31.2. The molecule has 0 saturated carbocycles. The molecule has 37 heavy (non-hydrogen) atoms. The first-order valence-corrected chi connectivity index (χ1v) is 13.2. The highest BCUT2D eigenvalue weighted by Gasteiger charge is 2.40. The zero-order valence-corrected chi connectivity index (χ0v) is 21.5. The van der Waals surface area contributed by atoms with Crippen molar-refractivity contribution >= 4 is 11.6 Å². The predicted octanol–water partition coefficient (Wildman–Crippen LogP) is 3.98. The van der Waals surface area contributed by atoms with Gasteiger partial charge in [-0.3, -0.25) is 14.6 Å². The molecule has 2 aliphatic heterocycles. The summed E-state index contributed by atoms with van der Waals surface area (Å²) in [6.45, 7) is 5.38. The summed E-state index contributed by atoms with van der Waals surface area (Å²) < 4.78 is 0. The number of rotatable bonds is 7. The van der Waals surface area contributed by atoms with E-state index in [1.807, 2.05) is 41.3 Å². The van der Waals surface area contributed by atoms with Gasteiger partial charge in [-0.2, -0.15) is 5.26 Å². The average Bonchev–Trinajstić information content (AvgIpc) is 3.37. The summed E-state index contributed by atoms with van der Waals surface area (Å²) in [4.78, 5) is 22.9. The van der Waals surface area contributed by atoms with Gasteiger partial charge in [0, 0.05) is 51.9 Å². The van der Waals surface area contributed by atoms with Crippen molar-refractivity contribution < 1.29 is 4.79 Å². The number of carbonyl (C=O) groups is 1. The molecule has 3 aromatic carbocycles. The van der Waals surface area contributed by atoms with Crippen LogP contribution in [0.15, 0.2) is 84.9 Å². The van der Waals surface area contributed by atoms with Gasteiger partial charge in [0.2, 0.25) is 5.91 Å². The predicted molar refractivity (Wildman–Crippen MR) is 147 cm³/mol. The molecule has 0 aliphatic carbocycles. The highest BCUT2D eigenvalue weighted by Crippen LogP contribution is 2.28. The molecule has 5 rings (SSSR count). The molecule has 190 valence electrons. The van der Waals surface area contributed by atoms with E-state index in [0.717, 1.165) is 44.8 Å². The number of nitriles is 1. The summed E-state index contributed by atoms with van der Waals surface area (Å²) in [7, 11) is 2.18. The van der Waals surface area contributed by atoms with Crippen LogP contribution in [0.1, 0.15) is 23.1 Å². The average molecular weight is 494 g/mol. The second-order valence-electron chi connectivity index (χ2n) is 10.2. The number of nitrogens with zero attached hydrogens (tertiary/aromatic N) is 5. The molecule has 0 radical (unpaired) electrons. The van der Waals surface area contributed by atoms with Crippen molar-refractivity contribution in [1.29, 1.82) is 5.26 Å². The fourth-order valence-electron chi connectivity index (χ4n) is 5.67. The number of hydrogen-bond donors (Lipinski definition) is 0. The lowest BCUT2D eigenvalue weighted by molar-refractivity contribution is -0.136. The minimum atomic E-state index is -0.124. The molecule has 0 aromatic heterocycles. The normalized spacial score (nSPS) is 20.2. The number of amides is 1. The first-order valence-electron chi connectivity index (χ1n) is 13.2. The molecule has 2 atom stereocenters. The number of hydrogen-bond acceptors (Lipinski definition) is 5. The largest absolute Gasteiger partial charge is 0.367 e. The van der Waals surface area contributed by atoms with E-state index < -0.39 is 0 Å². The van der Waals surface area contributed by atoms with Gasteiger partial charge in [0.15, 0.2) is 0 Å². The zero-order chi connectivity index (χ0) is 25.6.